The second-order valence-corrected chi connectivity index (χ2v) is 3.14. The van der Waals surface area contributed by atoms with Crippen LogP contribution in [0.1, 0.15) is 11.1 Å². The van der Waals surface area contributed by atoms with E-state index in [9.17, 15) is 0 Å². The molecule has 0 aliphatic rings. The van der Waals surface area contributed by atoms with Gasteiger partial charge in [0.1, 0.15) is 5.82 Å². The first kappa shape index (κ1) is 11.2. The van der Waals surface area contributed by atoms with Gasteiger partial charge in [0.15, 0.2) is 5.15 Å². The molecule has 0 fully saturated rings. The van der Waals surface area contributed by atoms with Crippen LogP contribution in [0.15, 0.2) is 0 Å². The van der Waals surface area contributed by atoms with Crippen LogP contribution in [0.3, 0.4) is 0 Å². The van der Waals surface area contributed by atoms with Crippen LogP contribution in [0.2, 0.25) is 5.15 Å². The third-order valence-corrected chi connectivity index (χ3v) is 2.20. The molecule has 0 saturated carbocycles. The Balaban J connectivity index is 3.12. The van der Waals surface area contributed by atoms with Gasteiger partial charge in [-0.3, -0.25) is 0 Å². The number of nitrogens with zero attached hydrogens (tertiary/aromatic N) is 2. The Labute approximate surface area is 86.5 Å². The van der Waals surface area contributed by atoms with E-state index in [0.717, 1.165) is 0 Å². The van der Waals surface area contributed by atoms with Crippen LogP contribution in [0.4, 0.5) is 5.82 Å². The Kier molecular flexibility index (Phi) is 4.06. The minimum Gasteiger partial charge on any atom is -0.396 e. The first-order valence-electron chi connectivity index (χ1n) is 4.21. The Bertz CT molecular complexity index is 289. The highest BCUT2D eigenvalue weighted by atomic mass is 35.5. The van der Waals surface area contributed by atoms with E-state index in [1.807, 2.05) is 0 Å². The number of anilines is 1. The van der Waals surface area contributed by atoms with Gasteiger partial charge in [-0.05, 0) is 12.8 Å². The van der Waals surface area contributed by atoms with Crippen molar-refractivity contribution < 1.29 is 10.2 Å². The van der Waals surface area contributed by atoms with Crippen molar-refractivity contribution in [3.05, 3.63) is 16.3 Å². The lowest BCUT2D eigenvalue weighted by atomic mass is 10.1. The fourth-order valence-corrected chi connectivity index (χ4v) is 1.50. The van der Waals surface area contributed by atoms with Gasteiger partial charge in [-0.15, -0.1) is 10.2 Å². The Morgan fingerprint density at radius 3 is 2.21 bits per heavy atom. The lowest BCUT2D eigenvalue weighted by Gasteiger charge is -2.09. The van der Waals surface area contributed by atoms with Gasteiger partial charge < -0.3 is 15.9 Å². The predicted molar refractivity (Wildman–Crippen MR) is 53.0 cm³/mol. The lowest BCUT2D eigenvalue weighted by Crippen LogP contribution is -2.09. The quantitative estimate of drug-likeness (QED) is 0.649. The summed E-state index contributed by atoms with van der Waals surface area (Å²) >= 11 is 5.79. The maximum absolute atomic E-state index is 8.82. The average molecular weight is 218 g/mol. The second kappa shape index (κ2) is 5.09. The van der Waals surface area contributed by atoms with Crippen LogP contribution < -0.4 is 5.73 Å². The molecule has 14 heavy (non-hydrogen) atoms. The molecule has 1 aromatic heterocycles. The molecule has 0 aliphatic heterocycles. The normalized spacial score (nSPS) is 10.5. The van der Waals surface area contributed by atoms with Crippen molar-refractivity contribution in [2.75, 3.05) is 18.9 Å². The van der Waals surface area contributed by atoms with Gasteiger partial charge in [-0.25, -0.2) is 0 Å². The Morgan fingerprint density at radius 1 is 1.07 bits per heavy atom. The lowest BCUT2D eigenvalue weighted by molar-refractivity contribution is 0.293. The number of nitrogens with two attached hydrogens (primary N) is 1. The first-order chi connectivity index (χ1) is 6.70. The van der Waals surface area contributed by atoms with E-state index >= 15 is 0 Å². The number of aliphatic hydroxyl groups is 2. The van der Waals surface area contributed by atoms with E-state index in [1.54, 1.807) is 0 Å². The fourth-order valence-electron chi connectivity index (χ4n) is 1.25. The summed E-state index contributed by atoms with van der Waals surface area (Å²) in [5.74, 6) is 0.256. The van der Waals surface area contributed by atoms with E-state index in [1.165, 1.54) is 0 Å². The average Bonchev–Trinajstić information content (AvgIpc) is 2.17. The molecule has 0 spiro atoms. The Hall–Kier alpha value is -0.910. The summed E-state index contributed by atoms with van der Waals surface area (Å²) in [6.07, 6.45) is 0.740. The zero-order chi connectivity index (χ0) is 10.6. The number of aliphatic hydroxyl groups excluding tert-OH is 2. The van der Waals surface area contributed by atoms with Gasteiger partial charge in [0, 0.05) is 24.3 Å². The van der Waals surface area contributed by atoms with Crippen molar-refractivity contribution in [2.24, 2.45) is 0 Å². The van der Waals surface area contributed by atoms with Crippen LogP contribution in [-0.2, 0) is 12.8 Å². The predicted octanol–water partition coefficient (Wildman–Crippen LogP) is -0.218. The number of nitrogen functional groups attached to an aromatic ring is 1. The van der Waals surface area contributed by atoms with Crippen molar-refractivity contribution in [3.63, 3.8) is 0 Å². The van der Waals surface area contributed by atoms with Gasteiger partial charge in [0.05, 0.1) is 0 Å². The molecule has 78 valence electrons. The highest BCUT2D eigenvalue weighted by Gasteiger charge is 2.12. The summed E-state index contributed by atoms with van der Waals surface area (Å²) < 4.78 is 0. The molecule has 1 rings (SSSR count). The minimum atomic E-state index is -0.0384. The molecule has 1 heterocycles. The molecular formula is C8H12ClN3O2. The third kappa shape index (κ3) is 2.31. The summed E-state index contributed by atoms with van der Waals surface area (Å²) in [6.45, 7) is -0.0755. The van der Waals surface area contributed by atoms with Crippen LogP contribution in [-0.4, -0.2) is 33.6 Å². The summed E-state index contributed by atoms with van der Waals surface area (Å²) in [5.41, 5.74) is 6.91. The third-order valence-electron chi connectivity index (χ3n) is 1.89. The zero-order valence-corrected chi connectivity index (χ0v) is 8.33. The summed E-state index contributed by atoms with van der Waals surface area (Å²) in [7, 11) is 0. The molecule has 0 aromatic carbocycles. The molecule has 0 atom stereocenters. The van der Waals surface area contributed by atoms with Gasteiger partial charge in [-0.2, -0.15) is 0 Å². The standard InChI is InChI=1S/C8H12ClN3O2/c9-7-5(1-3-13)6(2-4-14)8(10)12-11-7/h13-14H,1-4H2,(H2,10,12). The minimum absolute atomic E-state index is 0.0371. The van der Waals surface area contributed by atoms with Crippen LogP contribution in [0.5, 0.6) is 0 Å². The van der Waals surface area contributed by atoms with Gasteiger partial charge in [0.25, 0.3) is 0 Å². The van der Waals surface area contributed by atoms with E-state index in [-0.39, 0.29) is 24.2 Å². The van der Waals surface area contributed by atoms with E-state index < -0.39 is 0 Å². The molecule has 0 amide bonds. The van der Waals surface area contributed by atoms with Crippen molar-refractivity contribution in [1.29, 1.82) is 0 Å². The monoisotopic (exact) mass is 217 g/mol. The van der Waals surface area contributed by atoms with E-state index in [0.29, 0.717) is 24.0 Å². The molecule has 0 radical (unpaired) electrons. The zero-order valence-electron chi connectivity index (χ0n) is 7.57. The van der Waals surface area contributed by atoms with Crippen molar-refractivity contribution in [3.8, 4) is 0 Å². The van der Waals surface area contributed by atoms with E-state index in [4.69, 9.17) is 27.5 Å². The number of aromatic nitrogens is 2. The molecule has 0 saturated heterocycles. The molecule has 4 N–H and O–H groups in total. The smallest absolute Gasteiger partial charge is 0.155 e. The second-order valence-electron chi connectivity index (χ2n) is 2.78. The number of hydrogen-bond donors (Lipinski definition) is 3. The number of hydrogen-bond acceptors (Lipinski definition) is 5. The van der Waals surface area contributed by atoms with Crippen LogP contribution >= 0.6 is 11.6 Å². The van der Waals surface area contributed by atoms with Gasteiger partial charge in [0.2, 0.25) is 0 Å². The maximum Gasteiger partial charge on any atom is 0.155 e. The van der Waals surface area contributed by atoms with Crippen LogP contribution in [0.25, 0.3) is 0 Å². The first-order valence-corrected chi connectivity index (χ1v) is 4.59. The maximum atomic E-state index is 8.82. The topological polar surface area (TPSA) is 92.3 Å². The molecule has 1 aromatic rings. The van der Waals surface area contributed by atoms with Crippen molar-refractivity contribution in [2.45, 2.75) is 12.8 Å². The summed E-state index contributed by atoms with van der Waals surface area (Å²) in [4.78, 5) is 0. The fraction of sp³-hybridized carbons (Fsp3) is 0.500. The van der Waals surface area contributed by atoms with Crippen LogP contribution in [0, 0.1) is 0 Å². The highest BCUT2D eigenvalue weighted by Crippen LogP contribution is 2.21. The number of halogens is 1. The largest absolute Gasteiger partial charge is 0.396 e. The molecule has 0 bridgehead atoms. The molecule has 5 nitrogen and oxygen atoms in total. The van der Waals surface area contributed by atoms with Crippen molar-refractivity contribution >= 4 is 17.4 Å². The number of rotatable bonds is 4. The molecule has 0 unspecified atom stereocenters. The van der Waals surface area contributed by atoms with Gasteiger partial charge in [-0.1, -0.05) is 11.6 Å². The van der Waals surface area contributed by atoms with Crippen molar-refractivity contribution in [1.82, 2.24) is 10.2 Å². The van der Waals surface area contributed by atoms with E-state index in [2.05, 4.69) is 10.2 Å². The summed E-state index contributed by atoms with van der Waals surface area (Å²) in [5, 5.41) is 25.2. The molecular weight excluding hydrogens is 206 g/mol. The highest BCUT2D eigenvalue weighted by molar-refractivity contribution is 6.30. The Morgan fingerprint density at radius 2 is 1.64 bits per heavy atom. The van der Waals surface area contributed by atoms with Gasteiger partial charge >= 0.3 is 0 Å². The molecule has 0 aliphatic carbocycles. The SMILES string of the molecule is Nc1nnc(Cl)c(CCO)c1CCO. The molecule has 6 heteroatoms. The summed E-state index contributed by atoms with van der Waals surface area (Å²) in [6, 6.07) is 0.